The Morgan fingerprint density at radius 3 is 2.43 bits per heavy atom. The SMILES string of the molecule is Cc1cccc2c1[C](C)([Zr])C=C2.Cl.Cl. The van der Waals surface area contributed by atoms with Crippen LogP contribution in [0.25, 0.3) is 6.08 Å². The van der Waals surface area contributed by atoms with Crippen molar-refractivity contribution in [2.75, 3.05) is 0 Å². The van der Waals surface area contributed by atoms with Crippen molar-refractivity contribution in [2.24, 2.45) is 0 Å². The van der Waals surface area contributed by atoms with Crippen molar-refractivity contribution in [3.63, 3.8) is 0 Å². The average molecular weight is 307 g/mol. The zero-order valence-corrected chi connectivity index (χ0v) is 12.3. The summed E-state index contributed by atoms with van der Waals surface area (Å²) in [6, 6.07) is 6.54. The van der Waals surface area contributed by atoms with Gasteiger partial charge in [-0.25, -0.2) is 0 Å². The number of benzene rings is 1. The molecule has 1 unspecified atom stereocenters. The van der Waals surface area contributed by atoms with E-state index in [0.29, 0.717) is 3.12 Å². The maximum atomic E-state index is 2.32. The molecule has 0 fully saturated rings. The van der Waals surface area contributed by atoms with Crippen LogP contribution in [0.2, 0.25) is 0 Å². The van der Waals surface area contributed by atoms with Crippen molar-refractivity contribution in [2.45, 2.75) is 17.0 Å². The molecule has 14 heavy (non-hydrogen) atoms. The second-order valence-electron chi connectivity index (χ2n) is 3.57. The number of halogens is 2. The monoisotopic (exact) mass is 305 g/mol. The summed E-state index contributed by atoms with van der Waals surface area (Å²) < 4.78 is 0.327. The van der Waals surface area contributed by atoms with Crippen molar-refractivity contribution >= 4 is 30.9 Å². The molecule has 75 valence electrons. The summed E-state index contributed by atoms with van der Waals surface area (Å²) in [6.07, 6.45) is 4.57. The van der Waals surface area contributed by atoms with Crippen LogP contribution >= 0.6 is 24.8 Å². The van der Waals surface area contributed by atoms with E-state index in [1.165, 1.54) is 16.7 Å². The van der Waals surface area contributed by atoms with Crippen LogP contribution in [0.1, 0.15) is 23.6 Å². The van der Waals surface area contributed by atoms with Crippen LogP contribution < -0.4 is 0 Å². The number of fused-ring (bicyclic) bond motifs is 1. The number of hydrogen-bond donors (Lipinski definition) is 0. The number of aryl methyl sites for hydroxylation is 1. The Kier molecular flexibility index (Phi) is 5.12. The molecule has 0 saturated carbocycles. The van der Waals surface area contributed by atoms with Crippen LogP contribution in [0.5, 0.6) is 0 Å². The fraction of sp³-hybridized carbons (Fsp3) is 0.273. The van der Waals surface area contributed by atoms with E-state index in [-0.39, 0.29) is 24.8 Å². The summed E-state index contributed by atoms with van der Waals surface area (Å²) in [5.74, 6) is 0. The van der Waals surface area contributed by atoms with Gasteiger partial charge in [-0.1, -0.05) is 0 Å². The second kappa shape index (κ2) is 4.97. The third-order valence-corrected chi connectivity index (χ3v) is 3.44. The van der Waals surface area contributed by atoms with E-state index < -0.39 is 0 Å². The van der Waals surface area contributed by atoms with Gasteiger partial charge in [0.1, 0.15) is 0 Å². The van der Waals surface area contributed by atoms with Gasteiger partial charge in [0.25, 0.3) is 0 Å². The predicted octanol–water partition coefficient (Wildman–Crippen LogP) is 3.63. The zero-order valence-electron chi connectivity index (χ0n) is 8.20. The molecule has 0 spiro atoms. The Labute approximate surface area is 113 Å². The summed E-state index contributed by atoms with van der Waals surface area (Å²) in [5, 5.41) is 0. The summed E-state index contributed by atoms with van der Waals surface area (Å²) in [5.41, 5.74) is 4.37. The smallest absolute Gasteiger partial charge is 0.147 e. The molecule has 1 aromatic rings. The molecule has 0 amide bonds. The summed E-state index contributed by atoms with van der Waals surface area (Å²) >= 11 is 1.58. The van der Waals surface area contributed by atoms with Crippen molar-refractivity contribution in [1.29, 1.82) is 0 Å². The first-order valence-electron chi connectivity index (χ1n) is 4.15. The molecule has 3 heteroatoms. The summed E-state index contributed by atoms with van der Waals surface area (Å²) in [6.45, 7) is 4.51. The molecular formula is C11H13Cl2Zr. The van der Waals surface area contributed by atoms with Gasteiger partial charge in [0.2, 0.25) is 0 Å². The molecule has 1 atom stereocenters. The van der Waals surface area contributed by atoms with Crippen molar-refractivity contribution < 1.29 is 24.7 Å². The molecule has 0 radical (unpaired) electrons. The predicted molar refractivity (Wildman–Crippen MR) is 62.1 cm³/mol. The van der Waals surface area contributed by atoms with Crippen LogP contribution in [0.3, 0.4) is 0 Å². The first-order valence-corrected chi connectivity index (χ1v) is 5.38. The number of hydrogen-bond acceptors (Lipinski definition) is 0. The molecule has 0 heterocycles. The van der Waals surface area contributed by atoms with Gasteiger partial charge in [0, 0.05) is 0 Å². The van der Waals surface area contributed by atoms with Crippen molar-refractivity contribution in [1.82, 2.24) is 0 Å². The number of rotatable bonds is 0. The van der Waals surface area contributed by atoms with Gasteiger partial charge < -0.3 is 0 Å². The van der Waals surface area contributed by atoms with Gasteiger partial charge in [-0.05, 0) is 0 Å². The van der Waals surface area contributed by atoms with E-state index >= 15 is 0 Å². The quantitative estimate of drug-likeness (QED) is 0.686. The van der Waals surface area contributed by atoms with Gasteiger partial charge >= 0.3 is 88.7 Å². The molecule has 1 aromatic carbocycles. The molecule has 0 saturated heterocycles. The molecule has 0 nitrogen and oxygen atoms in total. The maximum Gasteiger partial charge on any atom is -0.147 e. The fourth-order valence-corrected chi connectivity index (χ4v) is 2.92. The van der Waals surface area contributed by atoms with E-state index in [9.17, 15) is 0 Å². The van der Waals surface area contributed by atoms with Crippen LogP contribution in [0, 0.1) is 6.92 Å². The van der Waals surface area contributed by atoms with E-state index in [2.05, 4.69) is 44.2 Å². The second-order valence-corrected chi connectivity index (χ2v) is 6.13. The van der Waals surface area contributed by atoms with E-state index in [4.69, 9.17) is 0 Å². The zero-order chi connectivity index (χ0) is 8.77. The minimum Gasteiger partial charge on any atom is -0.147 e. The average Bonchev–Trinajstić information content (AvgIpc) is 2.29. The van der Waals surface area contributed by atoms with Crippen LogP contribution in [-0.4, -0.2) is 0 Å². The third kappa shape index (κ3) is 2.32. The maximum absolute atomic E-state index is 2.32. The first-order chi connectivity index (χ1) is 5.61. The van der Waals surface area contributed by atoms with Crippen LogP contribution in [0.4, 0.5) is 0 Å². The Hall–Kier alpha value is 0.423. The van der Waals surface area contributed by atoms with E-state index in [1.807, 2.05) is 0 Å². The van der Waals surface area contributed by atoms with Gasteiger partial charge in [0.15, 0.2) is 0 Å². The van der Waals surface area contributed by atoms with Crippen molar-refractivity contribution in [3.05, 3.63) is 41.0 Å². The minimum absolute atomic E-state index is 0. The summed E-state index contributed by atoms with van der Waals surface area (Å²) in [4.78, 5) is 0. The first kappa shape index (κ1) is 14.4. The molecule has 1 aliphatic carbocycles. The molecule has 2 rings (SSSR count). The topological polar surface area (TPSA) is 0 Å². The molecule has 0 aromatic heterocycles. The number of allylic oxidation sites excluding steroid dienone is 1. The van der Waals surface area contributed by atoms with E-state index in [0.717, 1.165) is 0 Å². The largest absolute Gasteiger partial charge is 0.147 e. The van der Waals surface area contributed by atoms with Gasteiger partial charge in [0.05, 0.1) is 0 Å². The van der Waals surface area contributed by atoms with Crippen LogP contribution in [-0.2, 0) is 27.8 Å². The summed E-state index contributed by atoms with van der Waals surface area (Å²) in [7, 11) is 0. The third-order valence-electron chi connectivity index (χ3n) is 2.42. The minimum atomic E-state index is 0. The molecule has 1 aliphatic rings. The Bertz CT molecular complexity index is 356. The van der Waals surface area contributed by atoms with Gasteiger partial charge in [-0.2, -0.15) is 0 Å². The molecular weight excluding hydrogens is 294 g/mol. The van der Waals surface area contributed by atoms with E-state index in [1.54, 1.807) is 24.7 Å². The van der Waals surface area contributed by atoms with Gasteiger partial charge in [-0.15, -0.1) is 24.8 Å². The van der Waals surface area contributed by atoms with Crippen molar-refractivity contribution in [3.8, 4) is 0 Å². The Morgan fingerprint density at radius 1 is 1.21 bits per heavy atom. The fourth-order valence-electron chi connectivity index (χ4n) is 1.88. The Balaban J connectivity index is 0.000000845. The molecule has 0 N–H and O–H groups in total. The standard InChI is InChI=1S/C11H11.2ClH.Zr/c1-8-4-3-5-10-7-6-9(2)11(8)10;;;/h3-7H,1-2H3;2*1H;. The Morgan fingerprint density at radius 2 is 1.86 bits per heavy atom. The molecule has 0 bridgehead atoms. The molecule has 0 aliphatic heterocycles. The van der Waals surface area contributed by atoms with Crippen LogP contribution in [0.15, 0.2) is 24.3 Å². The van der Waals surface area contributed by atoms with Gasteiger partial charge in [-0.3, -0.25) is 0 Å². The normalized spacial score (nSPS) is 22.1.